The van der Waals surface area contributed by atoms with Crippen LogP contribution in [0.5, 0.6) is 0 Å². The maximum Gasteiger partial charge on any atom is 0.278 e. The summed E-state index contributed by atoms with van der Waals surface area (Å²) >= 11 is 0. The molecule has 0 atom stereocenters. The highest BCUT2D eigenvalue weighted by atomic mass is 16.1. The number of nitrogen functional groups attached to an aromatic ring is 1. The van der Waals surface area contributed by atoms with Gasteiger partial charge in [0.15, 0.2) is 17.0 Å². The normalized spacial score (nSPS) is 11.0. The lowest BCUT2D eigenvalue weighted by atomic mass is 10.4. The first-order valence-electron chi connectivity index (χ1n) is 4.49. The smallest absolute Gasteiger partial charge is 0.278 e. The Morgan fingerprint density at radius 2 is 2.12 bits per heavy atom. The molecule has 8 heteroatoms. The highest BCUT2D eigenvalue weighted by molar-refractivity contribution is 5.74. The monoisotopic (exact) mass is 217 g/mol. The molecule has 8 nitrogen and oxygen atoms in total. The maximum atomic E-state index is 11.5. The summed E-state index contributed by atoms with van der Waals surface area (Å²) in [6.45, 7) is 0. The van der Waals surface area contributed by atoms with Gasteiger partial charge in [-0.25, -0.2) is 4.98 Å². The number of imidazole rings is 1. The number of nitrogens with one attached hydrogen (secondary N) is 3. The number of hydrogen-bond donors (Lipinski definition) is 4. The van der Waals surface area contributed by atoms with Crippen molar-refractivity contribution in [3.8, 4) is 11.5 Å². The summed E-state index contributed by atoms with van der Waals surface area (Å²) in [6, 6.07) is 1.73. The van der Waals surface area contributed by atoms with Crippen molar-refractivity contribution in [2.45, 2.75) is 0 Å². The summed E-state index contributed by atoms with van der Waals surface area (Å²) in [6.07, 6.45) is 1.59. The van der Waals surface area contributed by atoms with E-state index in [0.717, 1.165) is 0 Å². The van der Waals surface area contributed by atoms with Gasteiger partial charge >= 0.3 is 0 Å². The minimum atomic E-state index is -0.347. The summed E-state index contributed by atoms with van der Waals surface area (Å²) in [5, 5.41) is 6.53. The number of rotatable bonds is 1. The number of anilines is 1. The van der Waals surface area contributed by atoms with Gasteiger partial charge in [-0.3, -0.25) is 14.9 Å². The van der Waals surface area contributed by atoms with Gasteiger partial charge in [-0.15, -0.1) is 0 Å². The van der Waals surface area contributed by atoms with E-state index in [1.165, 1.54) is 0 Å². The summed E-state index contributed by atoms with van der Waals surface area (Å²) < 4.78 is 0. The Balaban J connectivity index is 2.31. The SMILES string of the molecule is Nc1nc2nc(-c3ccn[nH]3)[nH]c2c(=O)[nH]1. The van der Waals surface area contributed by atoms with Gasteiger partial charge in [-0.05, 0) is 6.07 Å². The Kier molecular flexibility index (Phi) is 1.58. The number of nitrogens with two attached hydrogens (primary N) is 1. The summed E-state index contributed by atoms with van der Waals surface area (Å²) in [5.74, 6) is 0.538. The lowest BCUT2D eigenvalue weighted by molar-refractivity contribution is 1.08. The second-order valence-corrected chi connectivity index (χ2v) is 3.21. The third kappa shape index (κ3) is 1.16. The molecule has 80 valence electrons. The summed E-state index contributed by atoms with van der Waals surface area (Å²) in [5.41, 5.74) is 6.32. The van der Waals surface area contributed by atoms with Crippen LogP contribution in [0, 0.1) is 0 Å². The van der Waals surface area contributed by atoms with Gasteiger partial charge in [0, 0.05) is 6.20 Å². The Bertz CT molecular complexity index is 693. The molecule has 5 N–H and O–H groups in total. The van der Waals surface area contributed by atoms with E-state index < -0.39 is 0 Å². The Morgan fingerprint density at radius 1 is 1.25 bits per heavy atom. The molecule has 0 saturated carbocycles. The van der Waals surface area contributed by atoms with Crippen molar-refractivity contribution in [2.75, 3.05) is 5.73 Å². The third-order valence-electron chi connectivity index (χ3n) is 2.14. The lowest BCUT2D eigenvalue weighted by Crippen LogP contribution is -2.10. The average molecular weight is 217 g/mol. The van der Waals surface area contributed by atoms with Crippen LogP contribution in [0.2, 0.25) is 0 Å². The zero-order valence-corrected chi connectivity index (χ0v) is 7.98. The highest BCUT2D eigenvalue weighted by Gasteiger charge is 2.10. The third-order valence-corrected chi connectivity index (χ3v) is 2.14. The molecular formula is C8H7N7O. The van der Waals surface area contributed by atoms with E-state index in [0.29, 0.717) is 17.0 Å². The molecule has 0 aliphatic heterocycles. The predicted molar refractivity (Wildman–Crippen MR) is 56.5 cm³/mol. The Morgan fingerprint density at radius 3 is 2.88 bits per heavy atom. The molecule has 0 spiro atoms. The largest absolute Gasteiger partial charge is 0.369 e. The fraction of sp³-hybridized carbons (Fsp3) is 0. The zero-order chi connectivity index (χ0) is 11.1. The van der Waals surface area contributed by atoms with E-state index in [-0.39, 0.29) is 17.2 Å². The number of H-pyrrole nitrogens is 3. The molecule has 0 aliphatic rings. The first kappa shape index (κ1) is 8.65. The van der Waals surface area contributed by atoms with E-state index in [4.69, 9.17) is 5.73 Å². The minimum absolute atomic E-state index is 0.0418. The van der Waals surface area contributed by atoms with Crippen LogP contribution in [0.25, 0.3) is 22.7 Å². The van der Waals surface area contributed by atoms with Gasteiger partial charge in [0.05, 0.1) is 0 Å². The minimum Gasteiger partial charge on any atom is -0.369 e. The standard InChI is InChI=1S/C8H7N7O/c9-8-13-6-4(7(16)14-8)11-5(12-6)3-1-2-10-15-3/h1-2H,(H,10,15)(H4,9,11,12,13,14,16). The van der Waals surface area contributed by atoms with Gasteiger partial charge in [-0.1, -0.05) is 0 Å². The van der Waals surface area contributed by atoms with Gasteiger partial charge in [0.1, 0.15) is 5.69 Å². The van der Waals surface area contributed by atoms with E-state index in [9.17, 15) is 4.79 Å². The molecule has 3 aromatic heterocycles. The van der Waals surface area contributed by atoms with Crippen LogP contribution in [0.3, 0.4) is 0 Å². The molecule has 3 rings (SSSR count). The fourth-order valence-electron chi connectivity index (χ4n) is 1.44. The lowest BCUT2D eigenvalue weighted by Gasteiger charge is -1.89. The molecule has 0 aliphatic carbocycles. The van der Waals surface area contributed by atoms with Crippen molar-refractivity contribution >= 4 is 17.1 Å². The van der Waals surface area contributed by atoms with Crippen LogP contribution < -0.4 is 11.3 Å². The van der Waals surface area contributed by atoms with E-state index in [2.05, 4.69) is 30.1 Å². The van der Waals surface area contributed by atoms with E-state index in [1.807, 2.05) is 0 Å². The van der Waals surface area contributed by atoms with Crippen molar-refractivity contribution in [1.29, 1.82) is 0 Å². The molecule has 16 heavy (non-hydrogen) atoms. The number of nitrogens with zero attached hydrogens (tertiary/aromatic N) is 3. The van der Waals surface area contributed by atoms with Crippen molar-refractivity contribution < 1.29 is 0 Å². The molecule has 0 amide bonds. The maximum absolute atomic E-state index is 11.5. The molecule has 3 aromatic rings. The van der Waals surface area contributed by atoms with Crippen molar-refractivity contribution in [3.05, 3.63) is 22.6 Å². The molecule has 3 heterocycles. The van der Waals surface area contributed by atoms with Gasteiger partial charge in [0.2, 0.25) is 5.95 Å². The van der Waals surface area contributed by atoms with Crippen LogP contribution in [-0.4, -0.2) is 30.1 Å². The predicted octanol–water partition coefficient (Wildman–Crippen LogP) is -0.382. The van der Waals surface area contributed by atoms with Gasteiger partial charge < -0.3 is 10.7 Å². The zero-order valence-electron chi connectivity index (χ0n) is 7.98. The van der Waals surface area contributed by atoms with Gasteiger partial charge in [-0.2, -0.15) is 10.1 Å². The van der Waals surface area contributed by atoms with Crippen LogP contribution in [0.15, 0.2) is 17.1 Å². The molecule has 0 bridgehead atoms. The molecule has 0 fully saturated rings. The van der Waals surface area contributed by atoms with E-state index >= 15 is 0 Å². The average Bonchev–Trinajstić information content (AvgIpc) is 2.82. The number of aromatic nitrogens is 6. The second kappa shape index (κ2) is 2.92. The topological polar surface area (TPSA) is 129 Å². The fourth-order valence-corrected chi connectivity index (χ4v) is 1.44. The van der Waals surface area contributed by atoms with Crippen molar-refractivity contribution in [2.24, 2.45) is 0 Å². The highest BCUT2D eigenvalue weighted by Crippen LogP contribution is 2.14. The first-order valence-corrected chi connectivity index (χ1v) is 4.49. The molecule has 0 radical (unpaired) electrons. The van der Waals surface area contributed by atoms with Crippen LogP contribution in [0.1, 0.15) is 0 Å². The number of hydrogen-bond acceptors (Lipinski definition) is 5. The Hall–Kier alpha value is -2.64. The molecule has 0 aromatic carbocycles. The summed E-state index contributed by atoms with van der Waals surface area (Å²) in [7, 11) is 0. The van der Waals surface area contributed by atoms with E-state index in [1.54, 1.807) is 12.3 Å². The van der Waals surface area contributed by atoms with Crippen LogP contribution in [0.4, 0.5) is 5.95 Å². The molecular weight excluding hydrogens is 210 g/mol. The Labute approximate surface area is 87.9 Å². The molecule has 0 unspecified atom stereocenters. The van der Waals surface area contributed by atoms with Crippen LogP contribution in [-0.2, 0) is 0 Å². The van der Waals surface area contributed by atoms with Gasteiger partial charge in [0.25, 0.3) is 5.56 Å². The van der Waals surface area contributed by atoms with Crippen molar-refractivity contribution in [3.63, 3.8) is 0 Å². The first-order chi connectivity index (χ1) is 7.74. The quantitative estimate of drug-likeness (QED) is 0.441. The molecule has 0 saturated heterocycles. The van der Waals surface area contributed by atoms with Crippen LogP contribution >= 0.6 is 0 Å². The second-order valence-electron chi connectivity index (χ2n) is 3.21. The van der Waals surface area contributed by atoms with Crippen molar-refractivity contribution in [1.82, 2.24) is 30.1 Å². The number of fused-ring (bicyclic) bond motifs is 1. The number of aromatic amines is 3. The summed E-state index contributed by atoms with van der Waals surface area (Å²) in [4.78, 5) is 24.8.